The fourth-order valence-corrected chi connectivity index (χ4v) is 3.06. The standard InChI is InChI=1S/C16H19ClN2OS.ClH/c1-12(16(20)13-6-3-2-4-7-13)18-10-11-21-15-9-5-8-14(17)19-15;/h2-9,12,16,18,20H,10-11H2,1H3;1H. The normalized spacial score (nSPS) is 13.2. The summed E-state index contributed by atoms with van der Waals surface area (Å²) in [4.78, 5) is 4.24. The number of quaternary nitrogens is 1. The summed E-state index contributed by atoms with van der Waals surface area (Å²) in [5.41, 5.74) is 0.963. The average molecular weight is 359 g/mol. The maximum atomic E-state index is 10.3. The number of aliphatic hydroxyl groups excluding tert-OH is 1. The molecule has 6 heteroatoms. The van der Waals surface area contributed by atoms with Gasteiger partial charge in [-0.1, -0.05) is 48.0 Å². The van der Waals surface area contributed by atoms with Gasteiger partial charge in [-0.05, 0) is 24.6 Å². The lowest BCUT2D eigenvalue weighted by Gasteiger charge is -2.17. The van der Waals surface area contributed by atoms with E-state index in [1.807, 2.05) is 49.4 Å². The summed E-state index contributed by atoms with van der Waals surface area (Å²) in [7, 11) is 0. The van der Waals surface area contributed by atoms with E-state index in [4.69, 9.17) is 11.6 Å². The lowest BCUT2D eigenvalue weighted by molar-refractivity contribution is -0.690. The van der Waals surface area contributed by atoms with E-state index < -0.39 is 6.10 Å². The van der Waals surface area contributed by atoms with E-state index in [0.717, 1.165) is 22.9 Å². The fourth-order valence-electron chi connectivity index (χ4n) is 2.05. The van der Waals surface area contributed by atoms with Gasteiger partial charge in [0, 0.05) is 5.75 Å². The SMILES string of the molecule is CC([NH2+]CCSc1cccc(Cl)n1)C(O)c1ccccc1.[Cl-]. The zero-order valence-corrected chi connectivity index (χ0v) is 14.7. The van der Waals surface area contributed by atoms with E-state index in [0.29, 0.717) is 5.15 Å². The molecule has 22 heavy (non-hydrogen) atoms. The molecule has 0 aliphatic carbocycles. The molecule has 0 aliphatic heterocycles. The van der Waals surface area contributed by atoms with Gasteiger partial charge in [-0.25, -0.2) is 4.98 Å². The molecule has 2 rings (SSSR count). The fraction of sp³-hybridized carbons (Fsp3) is 0.312. The molecule has 1 heterocycles. The Labute approximate surface area is 146 Å². The van der Waals surface area contributed by atoms with Crippen LogP contribution in [0.1, 0.15) is 18.6 Å². The van der Waals surface area contributed by atoms with Crippen LogP contribution in [0, 0.1) is 0 Å². The summed E-state index contributed by atoms with van der Waals surface area (Å²) < 4.78 is 0. The van der Waals surface area contributed by atoms with E-state index >= 15 is 0 Å². The number of aromatic nitrogens is 1. The van der Waals surface area contributed by atoms with E-state index in [2.05, 4.69) is 10.3 Å². The van der Waals surface area contributed by atoms with Crippen molar-refractivity contribution in [1.82, 2.24) is 4.98 Å². The van der Waals surface area contributed by atoms with Crippen LogP contribution in [0.25, 0.3) is 0 Å². The number of hydrogen-bond donors (Lipinski definition) is 2. The van der Waals surface area contributed by atoms with Crippen molar-refractivity contribution in [2.45, 2.75) is 24.1 Å². The van der Waals surface area contributed by atoms with Gasteiger partial charge in [-0.15, -0.1) is 11.8 Å². The third-order valence-electron chi connectivity index (χ3n) is 3.23. The molecule has 1 aromatic carbocycles. The second-order valence-electron chi connectivity index (χ2n) is 4.89. The van der Waals surface area contributed by atoms with Gasteiger partial charge in [-0.2, -0.15) is 0 Å². The molecule has 0 amide bonds. The maximum Gasteiger partial charge on any atom is 0.130 e. The molecule has 3 N–H and O–H groups in total. The van der Waals surface area contributed by atoms with Crippen molar-refractivity contribution in [1.29, 1.82) is 0 Å². The summed E-state index contributed by atoms with van der Waals surface area (Å²) in [5, 5.41) is 13.9. The molecule has 2 atom stereocenters. The predicted octanol–water partition coefficient (Wildman–Crippen LogP) is -0.483. The van der Waals surface area contributed by atoms with Crippen molar-refractivity contribution in [3.63, 3.8) is 0 Å². The van der Waals surface area contributed by atoms with Gasteiger partial charge < -0.3 is 22.8 Å². The van der Waals surface area contributed by atoms with Gasteiger partial charge in [0.25, 0.3) is 0 Å². The number of halogens is 2. The number of thioether (sulfide) groups is 1. The lowest BCUT2D eigenvalue weighted by atomic mass is 10.0. The summed E-state index contributed by atoms with van der Waals surface area (Å²) in [5.74, 6) is 0.930. The summed E-state index contributed by atoms with van der Waals surface area (Å²) in [6, 6.07) is 15.5. The first kappa shape index (κ1) is 19.3. The monoisotopic (exact) mass is 358 g/mol. The Hall–Kier alpha value is -0.780. The van der Waals surface area contributed by atoms with E-state index in [1.165, 1.54) is 0 Å². The number of hydrogen-bond acceptors (Lipinski definition) is 3. The first-order valence-electron chi connectivity index (χ1n) is 6.98. The smallest absolute Gasteiger partial charge is 0.130 e. The number of rotatable bonds is 7. The molecule has 120 valence electrons. The Morgan fingerprint density at radius 2 is 1.91 bits per heavy atom. The molecule has 0 radical (unpaired) electrons. The van der Waals surface area contributed by atoms with Crippen molar-refractivity contribution in [2.24, 2.45) is 0 Å². The minimum atomic E-state index is -0.444. The molecular formula is C16H20Cl2N2OS. The highest BCUT2D eigenvalue weighted by Gasteiger charge is 2.18. The van der Waals surface area contributed by atoms with Gasteiger partial charge >= 0.3 is 0 Å². The maximum absolute atomic E-state index is 10.3. The van der Waals surface area contributed by atoms with Crippen LogP contribution in [0.4, 0.5) is 0 Å². The zero-order valence-electron chi connectivity index (χ0n) is 12.3. The van der Waals surface area contributed by atoms with Gasteiger partial charge in [0.15, 0.2) is 0 Å². The quantitative estimate of drug-likeness (QED) is 0.399. The molecule has 0 saturated carbocycles. The highest BCUT2D eigenvalue weighted by Crippen LogP contribution is 2.17. The summed E-state index contributed by atoms with van der Waals surface area (Å²) >= 11 is 7.53. The van der Waals surface area contributed by atoms with Crippen LogP contribution < -0.4 is 17.7 Å². The highest BCUT2D eigenvalue weighted by atomic mass is 35.5. The first-order valence-corrected chi connectivity index (χ1v) is 8.35. The van der Waals surface area contributed by atoms with E-state index in [-0.39, 0.29) is 18.4 Å². The van der Waals surface area contributed by atoms with Crippen LogP contribution >= 0.6 is 23.4 Å². The number of aliphatic hydroxyl groups is 1. The summed E-state index contributed by atoms with van der Waals surface area (Å²) in [6.45, 7) is 2.96. The van der Waals surface area contributed by atoms with Crippen LogP contribution in [0.5, 0.6) is 0 Å². The van der Waals surface area contributed by atoms with Gasteiger partial charge in [0.1, 0.15) is 17.3 Å². The van der Waals surface area contributed by atoms with Crippen molar-refractivity contribution >= 4 is 23.4 Å². The van der Waals surface area contributed by atoms with E-state index in [9.17, 15) is 5.11 Å². The Kier molecular flexibility index (Phi) is 8.83. The van der Waals surface area contributed by atoms with Crippen molar-refractivity contribution in [2.75, 3.05) is 12.3 Å². The molecule has 0 fully saturated rings. The number of benzene rings is 1. The van der Waals surface area contributed by atoms with Crippen LogP contribution in [0.3, 0.4) is 0 Å². The Morgan fingerprint density at radius 3 is 2.59 bits per heavy atom. The lowest BCUT2D eigenvalue weighted by Crippen LogP contribution is -3.00. The molecular weight excluding hydrogens is 339 g/mol. The van der Waals surface area contributed by atoms with Crippen LogP contribution in [0.15, 0.2) is 53.6 Å². The largest absolute Gasteiger partial charge is 1.00 e. The minimum Gasteiger partial charge on any atom is -1.00 e. The molecule has 2 aromatic rings. The number of nitrogens with zero attached hydrogens (tertiary/aromatic N) is 1. The molecule has 0 spiro atoms. The van der Waals surface area contributed by atoms with Gasteiger partial charge in [0.2, 0.25) is 0 Å². The van der Waals surface area contributed by atoms with Gasteiger partial charge in [-0.3, -0.25) is 0 Å². The molecule has 0 bridgehead atoms. The van der Waals surface area contributed by atoms with Crippen molar-refractivity contribution < 1.29 is 22.8 Å². The third kappa shape index (κ3) is 6.15. The highest BCUT2D eigenvalue weighted by molar-refractivity contribution is 7.99. The number of nitrogens with two attached hydrogens (primary N) is 1. The second kappa shape index (κ2) is 10.1. The first-order chi connectivity index (χ1) is 10.2. The predicted molar refractivity (Wildman–Crippen MR) is 87.6 cm³/mol. The second-order valence-corrected chi connectivity index (χ2v) is 6.39. The third-order valence-corrected chi connectivity index (χ3v) is 4.41. The molecule has 1 aromatic heterocycles. The molecule has 2 unspecified atom stereocenters. The van der Waals surface area contributed by atoms with Gasteiger partial charge in [0.05, 0.1) is 11.6 Å². The Bertz CT molecular complexity index is 557. The van der Waals surface area contributed by atoms with Crippen molar-refractivity contribution in [3.05, 3.63) is 59.2 Å². The van der Waals surface area contributed by atoms with E-state index in [1.54, 1.807) is 17.8 Å². The molecule has 0 aliphatic rings. The molecule has 0 saturated heterocycles. The number of pyridine rings is 1. The molecule has 3 nitrogen and oxygen atoms in total. The topological polar surface area (TPSA) is 49.7 Å². The Balaban J connectivity index is 0.00000242. The summed E-state index contributed by atoms with van der Waals surface area (Å²) in [6.07, 6.45) is -0.444. The Morgan fingerprint density at radius 1 is 1.18 bits per heavy atom. The average Bonchev–Trinajstić information content (AvgIpc) is 2.51. The minimum absolute atomic E-state index is 0. The van der Waals surface area contributed by atoms with Crippen LogP contribution in [-0.2, 0) is 0 Å². The zero-order chi connectivity index (χ0) is 15.1. The van der Waals surface area contributed by atoms with Crippen LogP contribution in [-0.4, -0.2) is 28.4 Å². The van der Waals surface area contributed by atoms with Crippen molar-refractivity contribution in [3.8, 4) is 0 Å². The van der Waals surface area contributed by atoms with Crippen LogP contribution in [0.2, 0.25) is 5.15 Å².